The van der Waals surface area contributed by atoms with Gasteiger partial charge in [0.1, 0.15) is 0 Å². The van der Waals surface area contributed by atoms with Gasteiger partial charge in [-0.15, -0.1) is 0 Å². The zero-order valence-corrected chi connectivity index (χ0v) is 57.7. The minimum absolute atomic E-state index is 1.16. The first-order chi connectivity index (χ1) is 33.3. The predicted octanol–water partition coefficient (Wildman–Crippen LogP) is 28.4. The third-order valence-electron chi connectivity index (χ3n) is 9.61. The predicted molar refractivity (Wildman–Crippen MR) is 359 cm³/mol. The first-order valence-corrected chi connectivity index (χ1v) is 28.3. The van der Waals surface area contributed by atoms with Crippen molar-refractivity contribution in [3.63, 3.8) is 0 Å². The molecule has 72 heavy (non-hydrogen) atoms. The van der Waals surface area contributed by atoms with Gasteiger partial charge >= 0.3 is 0 Å². The van der Waals surface area contributed by atoms with Crippen LogP contribution >= 0.6 is 0 Å². The van der Waals surface area contributed by atoms with E-state index < -0.39 is 0 Å². The number of hydrogen-bond donors (Lipinski definition) is 0. The van der Waals surface area contributed by atoms with Gasteiger partial charge < -0.3 is 0 Å². The van der Waals surface area contributed by atoms with Gasteiger partial charge in [0.15, 0.2) is 0 Å². The fraction of sp³-hybridized carbons (Fsp3) is 0.639. The second-order valence-corrected chi connectivity index (χ2v) is 18.8. The standard InChI is InChI=1S/C7H14.6C6H12.5C5H10.C4H8/c1-5-7(4)6(2)3;2*1-5(2)6(3)4;2*1-4-5-6(2)3;2*1-4-6(3)5-2;2*1-4-5(2)3;3*1-3-5-4-2;1-3-4-2/h5H2,1-4H3;2*1-4H3;2*5H,4H2,1-3H3;2*4H,5H2,1-3H3;2*4H,1-3H3;3*3,5H,4H2,1-2H3;3-4H,1-2H3/b;;;;;6-4+;6-4-;;;2*5-3+;5-3-;4-3-. The maximum Gasteiger partial charge on any atom is -0.0349 e. The smallest absolute Gasteiger partial charge is 0.0349 e. The molecule has 0 spiro atoms. The summed E-state index contributed by atoms with van der Waals surface area (Å²) in [5, 5.41) is 0. The lowest BCUT2D eigenvalue weighted by Crippen LogP contribution is -1.73. The molecule has 0 aliphatic heterocycles. The first kappa shape index (κ1) is 101. The van der Waals surface area contributed by atoms with Crippen LogP contribution in [0.5, 0.6) is 0 Å². The van der Waals surface area contributed by atoms with Gasteiger partial charge in [-0.05, 0) is 259 Å². The lowest BCUT2D eigenvalue weighted by molar-refractivity contribution is 1.05. The van der Waals surface area contributed by atoms with Crippen molar-refractivity contribution in [3.8, 4) is 0 Å². The monoisotopic (exact) mass is 1010 g/mol. The quantitative estimate of drug-likeness (QED) is 0.213. The minimum atomic E-state index is 1.16. The number of rotatable bonds is 8. The molecule has 0 saturated carbocycles. The Balaban J connectivity index is -0.0000000477. The summed E-state index contributed by atoms with van der Waals surface area (Å²) in [5.41, 5.74) is 17.2. The second-order valence-electron chi connectivity index (χ2n) is 18.8. The van der Waals surface area contributed by atoms with Crippen LogP contribution in [0, 0.1) is 0 Å². The summed E-state index contributed by atoms with van der Waals surface area (Å²) in [5.74, 6) is 0. The Morgan fingerprint density at radius 3 is 0.444 bits per heavy atom. The Hall–Kier alpha value is -3.38. The molecule has 0 aliphatic carbocycles. The summed E-state index contributed by atoms with van der Waals surface area (Å²) in [7, 11) is 0. The van der Waals surface area contributed by atoms with Crippen LogP contribution in [0.15, 0.2) is 152 Å². The molecule has 0 radical (unpaired) electrons. The normalized spacial score (nSPS) is 9.08. The van der Waals surface area contributed by atoms with Crippen LogP contribution in [0.4, 0.5) is 0 Å². The molecule has 0 heterocycles. The van der Waals surface area contributed by atoms with Gasteiger partial charge in [-0.3, -0.25) is 0 Å². The van der Waals surface area contributed by atoms with Crippen molar-refractivity contribution in [1.82, 2.24) is 0 Å². The van der Waals surface area contributed by atoms with Gasteiger partial charge in [-0.1, -0.05) is 207 Å². The van der Waals surface area contributed by atoms with Crippen LogP contribution in [-0.2, 0) is 0 Å². The molecule has 0 bridgehead atoms. The molecule has 0 unspecified atom stereocenters. The molecule has 0 fully saturated rings. The summed E-state index contributed by atoms with van der Waals surface area (Å²) in [4.78, 5) is 0. The van der Waals surface area contributed by atoms with Crippen LogP contribution in [-0.4, -0.2) is 0 Å². The molecule has 0 atom stereocenters. The molecule has 0 aromatic rings. The van der Waals surface area contributed by atoms with Crippen molar-refractivity contribution in [2.45, 2.75) is 314 Å². The van der Waals surface area contributed by atoms with Crippen LogP contribution in [0.2, 0.25) is 0 Å². The molecule has 0 rings (SSSR count). The highest BCUT2D eigenvalue weighted by Crippen LogP contribution is 2.04. The van der Waals surface area contributed by atoms with E-state index in [4.69, 9.17) is 0 Å². The van der Waals surface area contributed by atoms with Crippen LogP contribution in [0.3, 0.4) is 0 Å². The Labute approximate surface area is 464 Å². The van der Waals surface area contributed by atoms with Crippen molar-refractivity contribution >= 4 is 0 Å². The molecule has 0 aromatic heterocycles. The van der Waals surface area contributed by atoms with Gasteiger partial charge in [0.05, 0.1) is 0 Å². The van der Waals surface area contributed by atoms with E-state index in [0.29, 0.717) is 0 Å². The Morgan fingerprint density at radius 2 is 0.444 bits per heavy atom. The zero-order valence-electron chi connectivity index (χ0n) is 57.7. The highest BCUT2D eigenvalue weighted by Gasteiger charge is 1.83. The first-order valence-electron chi connectivity index (χ1n) is 28.3. The molecule has 0 aliphatic rings. The maximum absolute atomic E-state index is 2.21. The van der Waals surface area contributed by atoms with Gasteiger partial charge in [0.25, 0.3) is 0 Å². The van der Waals surface area contributed by atoms with Crippen molar-refractivity contribution in [2.75, 3.05) is 0 Å². The molecule has 0 amide bonds. The van der Waals surface area contributed by atoms with E-state index >= 15 is 0 Å². The Bertz CT molecular complexity index is 1240. The zero-order chi connectivity index (χ0) is 60.5. The SMILES string of the molecule is C/C=C(/C)CC.C/C=C(\C)CC.C/C=C/CC.C/C=C/CC.C/C=C\C.C/C=C\CC.CC(C)=C(C)C.CC(C)=C(C)C.CC=C(C)C.CC=C(C)C.CCC(C)=C(C)C.CCC=C(C)C.CCC=C(C)C. The van der Waals surface area contributed by atoms with Gasteiger partial charge in [0.2, 0.25) is 0 Å². The topological polar surface area (TPSA) is 0 Å². The van der Waals surface area contributed by atoms with Gasteiger partial charge in [-0.2, -0.15) is 0 Å². The average Bonchev–Trinajstić information content (AvgIpc) is 3.33. The van der Waals surface area contributed by atoms with E-state index in [-0.39, 0.29) is 0 Å². The number of allylic oxidation sites excluding steroid dienone is 26. The molecule has 0 nitrogen and oxygen atoms in total. The molecule has 432 valence electrons. The van der Waals surface area contributed by atoms with E-state index in [1.807, 2.05) is 60.6 Å². The van der Waals surface area contributed by atoms with E-state index in [9.17, 15) is 0 Å². The van der Waals surface area contributed by atoms with Gasteiger partial charge in [-0.25, -0.2) is 0 Å². The van der Waals surface area contributed by atoms with Crippen molar-refractivity contribution in [3.05, 3.63) is 152 Å². The molecule has 0 saturated heterocycles. The fourth-order valence-corrected chi connectivity index (χ4v) is 2.29. The van der Waals surface area contributed by atoms with Crippen molar-refractivity contribution in [2.24, 2.45) is 0 Å². The van der Waals surface area contributed by atoms with Crippen molar-refractivity contribution < 1.29 is 0 Å². The third-order valence-corrected chi connectivity index (χ3v) is 9.61. The summed E-state index contributed by atoms with van der Waals surface area (Å²) in [6.45, 7) is 80.0. The van der Waals surface area contributed by atoms with Crippen LogP contribution < -0.4 is 0 Å². The minimum Gasteiger partial charge on any atom is -0.0919 e. The fourth-order valence-electron chi connectivity index (χ4n) is 2.29. The summed E-state index contributed by atoms with van der Waals surface area (Å²) in [6.07, 6.45) is 38.8. The Kier molecular flexibility index (Phi) is 142. The van der Waals surface area contributed by atoms with Crippen LogP contribution in [0.25, 0.3) is 0 Å². The lowest BCUT2D eigenvalue weighted by Gasteiger charge is -1.94. The van der Waals surface area contributed by atoms with E-state index in [2.05, 4.69) is 288 Å². The summed E-state index contributed by atoms with van der Waals surface area (Å²) < 4.78 is 0. The molecule has 0 heteroatoms. The molecular formula is C72H144. The van der Waals surface area contributed by atoms with E-state index in [1.165, 1.54) is 99.0 Å². The largest absolute Gasteiger partial charge is 0.0919 e. The summed E-state index contributed by atoms with van der Waals surface area (Å²) >= 11 is 0. The van der Waals surface area contributed by atoms with Crippen molar-refractivity contribution in [1.29, 1.82) is 0 Å². The highest BCUT2D eigenvalue weighted by atomic mass is 13.9. The Morgan fingerprint density at radius 1 is 0.236 bits per heavy atom. The lowest BCUT2D eigenvalue weighted by atomic mass is 10.1. The number of hydrogen-bond acceptors (Lipinski definition) is 0. The molecule has 0 aromatic carbocycles. The van der Waals surface area contributed by atoms with E-state index in [1.54, 1.807) is 0 Å². The summed E-state index contributed by atoms with van der Waals surface area (Å²) in [6, 6.07) is 0. The van der Waals surface area contributed by atoms with Crippen LogP contribution in [0.1, 0.15) is 314 Å². The average molecular weight is 1010 g/mol. The molecule has 0 N–H and O–H groups in total. The molecular weight excluding hydrogens is 865 g/mol. The highest BCUT2D eigenvalue weighted by molar-refractivity contribution is 5.05. The third kappa shape index (κ3) is 226. The second kappa shape index (κ2) is 101. The van der Waals surface area contributed by atoms with E-state index in [0.717, 1.165) is 19.3 Å². The van der Waals surface area contributed by atoms with Gasteiger partial charge in [0, 0.05) is 0 Å². The maximum atomic E-state index is 2.21.